The van der Waals surface area contributed by atoms with Crippen LogP contribution in [0.2, 0.25) is 0 Å². The molecule has 3 N–H and O–H groups in total. The molecule has 1 amide bonds. The summed E-state index contributed by atoms with van der Waals surface area (Å²) < 4.78 is 0. The normalized spacial score (nSPS) is 10.1. The highest BCUT2D eigenvalue weighted by atomic mass is 16.1. The first-order chi connectivity index (χ1) is 8.66. The van der Waals surface area contributed by atoms with Gasteiger partial charge in [0.1, 0.15) is 5.82 Å². The van der Waals surface area contributed by atoms with Crippen molar-refractivity contribution in [2.75, 3.05) is 5.73 Å². The van der Waals surface area contributed by atoms with Crippen LogP contribution in [0.4, 0.5) is 5.69 Å². The Labute approximate surface area is 104 Å². The van der Waals surface area contributed by atoms with E-state index in [9.17, 15) is 4.79 Å². The van der Waals surface area contributed by atoms with E-state index in [1.54, 1.807) is 25.3 Å². The van der Waals surface area contributed by atoms with Gasteiger partial charge in [0.2, 0.25) is 0 Å². The number of nitrogen functional groups attached to an aromatic ring is 1. The number of aryl methyl sites for hydroxylation is 1. The highest BCUT2D eigenvalue weighted by Gasteiger charge is 2.08. The maximum absolute atomic E-state index is 11.9. The van der Waals surface area contributed by atoms with Gasteiger partial charge in [-0.05, 0) is 19.1 Å². The summed E-state index contributed by atoms with van der Waals surface area (Å²) in [5, 5.41) is 2.75. The average Bonchev–Trinajstić information content (AvgIpc) is 2.37. The molecule has 2 aromatic heterocycles. The van der Waals surface area contributed by atoms with Crippen molar-refractivity contribution in [3.63, 3.8) is 0 Å². The number of pyridine rings is 1. The Morgan fingerprint density at radius 1 is 1.39 bits per heavy atom. The van der Waals surface area contributed by atoms with Crippen LogP contribution in [-0.2, 0) is 6.54 Å². The third kappa shape index (κ3) is 2.79. The van der Waals surface area contributed by atoms with Gasteiger partial charge in [-0.15, -0.1) is 0 Å². The van der Waals surface area contributed by atoms with Crippen LogP contribution in [0, 0.1) is 6.92 Å². The van der Waals surface area contributed by atoms with Gasteiger partial charge in [-0.3, -0.25) is 9.78 Å². The van der Waals surface area contributed by atoms with Gasteiger partial charge in [-0.2, -0.15) is 0 Å². The number of carbonyl (C=O) groups excluding carboxylic acids is 1. The summed E-state index contributed by atoms with van der Waals surface area (Å²) in [7, 11) is 0. The van der Waals surface area contributed by atoms with E-state index < -0.39 is 0 Å². The van der Waals surface area contributed by atoms with Crippen LogP contribution < -0.4 is 11.1 Å². The summed E-state index contributed by atoms with van der Waals surface area (Å²) in [6, 6.07) is 3.33. The van der Waals surface area contributed by atoms with Crippen LogP contribution in [0.5, 0.6) is 0 Å². The maximum atomic E-state index is 11.9. The molecule has 0 atom stereocenters. The van der Waals surface area contributed by atoms with Crippen molar-refractivity contribution in [1.82, 2.24) is 20.3 Å². The van der Waals surface area contributed by atoms with Gasteiger partial charge in [0.15, 0.2) is 0 Å². The summed E-state index contributed by atoms with van der Waals surface area (Å²) in [6.45, 7) is 2.14. The first kappa shape index (κ1) is 12.0. The topological polar surface area (TPSA) is 93.8 Å². The fraction of sp³-hybridized carbons (Fsp3) is 0.167. The van der Waals surface area contributed by atoms with Crippen LogP contribution >= 0.6 is 0 Å². The van der Waals surface area contributed by atoms with E-state index in [-0.39, 0.29) is 5.91 Å². The van der Waals surface area contributed by atoms with Crippen LogP contribution in [-0.4, -0.2) is 20.9 Å². The fourth-order valence-corrected chi connectivity index (χ4v) is 1.48. The van der Waals surface area contributed by atoms with Crippen molar-refractivity contribution in [2.45, 2.75) is 13.5 Å². The predicted octanol–water partition coefficient (Wildman–Crippen LogP) is 0.692. The largest absolute Gasteiger partial charge is 0.397 e. The summed E-state index contributed by atoms with van der Waals surface area (Å²) >= 11 is 0. The third-order valence-electron chi connectivity index (χ3n) is 2.36. The van der Waals surface area contributed by atoms with Crippen molar-refractivity contribution in [3.05, 3.63) is 47.8 Å². The number of hydrogen-bond donors (Lipinski definition) is 2. The molecule has 0 aromatic carbocycles. The van der Waals surface area contributed by atoms with Crippen molar-refractivity contribution < 1.29 is 4.79 Å². The molecule has 0 aliphatic carbocycles. The molecule has 0 saturated heterocycles. The van der Waals surface area contributed by atoms with E-state index in [4.69, 9.17) is 5.73 Å². The lowest BCUT2D eigenvalue weighted by Gasteiger charge is -2.06. The van der Waals surface area contributed by atoms with Crippen LogP contribution in [0.15, 0.2) is 30.7 Å². The molecule has 92 valence electrons. The second-order valence-corrected chi connectivity index (χ2v) is 3.74. The summed E-state index contributed by atoms with van der Waals surface area (Å²) in [5.41, 5.74) is 7.19. The van der Waals surface area contributed by atoms with E-state index in [0.717, 1.165) is 5.69 Å². The van der Waals surface area contributed by atoms with Gasteiger partial charge in [0.25, 0.3) is 5.91 Å². The zero-order valence-corrected chi connectivity index (χ0v) is 9.92. The van der Waals surface area contributed by atoms with Crippen molar-refractivity contribution in [3.8, 4) is 0 Å². The maximum Gasteiger partial charge on any atom is 0.253 e. The number of nitrogens with zero attached hydrogens (tertiary/aromatic N) is 3. The smallest absolute Gasteiger partial charge is 0.253 e. The van der Waals surface area contributed by atoms with Gasteiger partial charge >= 0.3 is 0 Å². The first-order valence-corrected chi connectivity index (χ1v) is 5.43. The molecule has 0 bridgehead atoms. The average molecular weight is 243 g/mol. The van der Waals surface area contributed by atoms with Gasteiger partial charge in [-0.25, -0.2) is 9.97 Å². The lowest BCUT2D eigenvalue weighted by Crippen LogP contribution is -2.24. The zero-order chi connectivity index (χ0) is 13.0. The number of rotatable bonds is 3. The first-order valence-electron chi connectivity index (χ1n) is 5.43. The Morgan fingerprint density at radius 3 is 2.94 bits per heavy atom. The number of aromatic nitrogens is 3. The molecule has 2 rings (SSSR count). The molecule has 2 heterocycles. The molecule has 0 radical (unpaired) electrons. The van der Waals surface area contributed by atoms with Crippen LogP contribution in [0.3, 0.4) is 0 Å². The van der Waals surface area contributed by atoms with E-state index in [1.165, 1.54) is 12.4 Å². The molecule has 0 aliphatic heterocycles. The van der Waals surface area contributed by atoms with Crippen LogP contribution in [0.25, 0.3) is 0 Å². The minimum Gasteiger partial charge on any atom is -0.397 e. The number of amides is 1. The molecule has 6 heteroatoms. The van der Waals surface area contributed by atoms with Gasteiger partial charge < -0.3 is 11.1 Å². The van der Waals surface area contributed by atoms with Crippen LogP contribution in [0.1, 0.15) is 21.9 Å². The zero-order valence-electron chi connectivity index (χ0n) is 9.92. The Morgan fingerprint density at radius 2 is 2.22 bits per heavy atom. The van der Waals surface area contributed by atoms with Crippen molar-refractivity contribution >= 4 is 11.6 Å². The number of carbonyl (C=O) groups is 1. The highest BCUT2D eigenvalue weighted by molar-refractivity contribution is 5.98. The molecule has 0 fully saturated rings. The molecule has 6 nitrogen and oxygen atoms in total. The second kappa shape index (κ2) is 5.22. The Kier molecular flexibility index (Phi) is 3.47. The van der Waals surface area contributed by atoms with Gasteiger partial charge in [-0.1, -0.05) is 0 Å². The minimum atomic E-state index is -0.244. The second-order valence-electron chi connectivity index (χ2n) is 3.74. The van der Waals surface area contributed by atoms with E-state index in [0.29, 0.717) is 23.6 Å². The molecule has 0 unspecified atom stereocenters. The number of anilines is 1. The summed E-state index contributed by atoms with van der Waals surface area (Å²) in [4.78, 5) is 23.9. The summed E-state index contributed by atoms with van der Waals surface area (Å²) in [5.74, 6) is 0.427. The molecule has 0 spiro atoms. The molecule has 0 aliphatic rings. The van der Waals surface area contributed by atoms with E-state index >= 15 is 0 Å². The highest BCUT2D eigenvalue weighted by Crippen LogP contribution is 2.08. The molecule has 0 saturated carbocycles. The lowest BCUT2D eigenvalue weighted by atomic mass is 10.2. The fourth-order valence-electron chi connectivity index (χ4n) is 1.48. The lowest BCUT2D eigenvalue weighted by molar-refractivity contribution is 0.0951. The monoisotopic (exact) mass is 243 g/mol. The number of nitrogens with two attached hydrogens (primary N) is 1. The van der Waals surface area contributed by atoms with E-state index in [1.807, 2.05) is 0 Å². The number of hydrogen-bond acceptors (Lipinski definition) is 5. The minimum absolute atomic E-state index is 0.244. The molecular formula is C12H13N5O. The Hall–Kier alpha value is -2.50. The Balaban J connectivity index is 2.03. The van der Waals surface area contributed by atoms with E-state index in [2.05, 4.69) is 20.3 Å². The van der Waals surface area contributed by atoms with Gasteiger partial charge in [0, 0.05) is 12.4 Å². The van der Waals surface area contributed by atoms with Crippen molar-refractivity contribution in [2.24, 2.45) is 0 Å². The molecule has 18 heavy (non-hydrogen) atoms. The molecular weight excluding hydrogens is 230 g/mol. The standard InChI is InChI=1S/C12H13N5O/c1-8-15-5-2-9(17-8)6-16-12(18)10-3-4-14-7-11(10)13/h2-5,7H,6,13H2,1H3,(H,16,18). The van der Waals surface area contributed by atoms with Gasteiger partial charge in [0.05, 0.1) is 29.7 Å². The van der Waals surface area contributed by atoms with Crippen molar-refractivity contribution in [1.29, 1.82) is 0 Å². The molecule has 2 aromatic rings. The Bertz CT molecular complexity index is 570. The SMILES string of the molecule is Cc1nccc(CNC(=O)c2ccncc2N)n1. The summed E-state index contributed by atoms with van der Waals surface area (Å²) in [6.07, 6.45) is 4.63. The predicted molar refractivity (Wildman–Crippen MR) is 66.6 cm³/mol. The number of nitrogens with one attached hydrogen (secondary N) is 1. The third-order valence-corrected chi connectivity index (χ3v) is 2.36. The quantitative estimate of drug-likeness (QED) is 0.827.